The van der Waals surface area contributed by atoms with Gasteiger partial charge in [0.2, 0.25) is 0 Å². The number of hydrogen-bond donors (Lipinski definition) is 0. The summed E-state index contributed by atoms with van der Waals surface area (Å²) in [5.74, 6) is 2.50. The molecule has 0 aromatic carbocycles. The molecule has 0 fully saturated rings. The van der Waals surface area contributed by atoms with Crippen LogP contribution in [0.15, 0.2) is 18.3 Å². The number of ether oxygens (including phenoxy) is 1. The molecule has 1 aromatic heterocycles. The maximum Gasteiger partial charge on any atom is 0.129 e. The van der Waals surface area contributed by atoms with E-state index in [2.05, 4.69) is 10.9 Å². The lowest BCUT2D eigenvalue weighted by Gasteiger charge is -2.01. The summed E-state index contributed by atoms with van der Waals surface area (Å²) >= 11 is 5.69. The lowest BCUT2D eigenvalue weighted by molar-refractivity contribution is 0.126. The summed E-state index contributed by atoms with van der Waals surface area (Å²) in [6.07, 6.45) is 7.36. The van der Waals surface area contributed by atoms with Crippen molar-refractivity contribution in [1.82, 2.24) is 4.98 Å². The third-order valence-electron chi connectivity index (χ3n) is 1.45. The predicted molar refractivity (Wildman–Crippen MR) is 52.4 cm³/mol. The smallest absolute Gasteiger partial charge is 0.129 e. The molecule has 0 unspecified atom stereocenters. The number of rotatable bonds is 4. The predicted octanol–water partition coefficient (Wildman–Crippen LogP) is 2.27. The van der Waals surface area contributed by atoms with Crippen LogP contribution in [0.25, 0.3) is 0 Å². The highest BCUT2D eigenvalue weighted by molar-refractivity contribution is 6.29. The zero-order chi connectivity index (χ0) is 9.52. The van der Waals surface area contributed by atoms with Crippen LogP contribution in [-0.2, 0) is 11.3 Å². The molecule has 0 saturated carbocycles. The molecule has 0 atom stereocenters. The van der Waals surface area contributed by atoms with Gasteiger partial charge in [-0.1, -0.05) is 11.6 Å². The first-order chi connectivity index (χ1) is 6.33. The molecule has 0 aliphatic carbocycles. The van der Waals surface area contributed by atoms with Gasteiger partial charge in [-0.15, -0.1) is 12.3 Å². The zero-order valence-corrected chi connectivity index (χ0v) is 7.92. The summed E-state index contributed by atoms with van der Waals surface area (Å²) in [6, 6.07) is 3.64. The second-order valence-electron chi connectivity index (χ2n) is 2.49. The van der Waals surface area contributed by atoms with Crippen LogP contribution in [-0.4, -0.2) is 11.6 Å². The first-order valence-corrected chi connectivity index (χ1v) is 4.32. The standard InChI is InChI=1S/C10H10ClNO/c1-2-3-6-13-8-9-4-5-12-10(11)7-9/h1,4-5,7H,3,6,8H2. The monoisotopic (exact) mass is 195 g/mol. The molecule has 1 heterocycles. The van der Waals surface area contributed by atoms with E-state index in [0.717, 1.165) is 5.56 Å². The van der Waals surface area contributed by atoms with E-state index in [9.17, 15) is 0 Å². The van der Waals surface area contributed by atoms with Crippen molar-refractivity contribution in [3.63, 3.8) is 0 Å². The molecule has 3 heteroatoms. The van der Waals surface area contributed by atoms with Crippen molar-refractivity contribution in [1.29, 1.82) is 0 Å². The Kier molecular flexibility index (Phi) is 4.31. The fourth-order valence-electron chi connectivity index (χ4n) is 0.853. The summed E-state index contributed by atoms with van der Waals surface area (Å²) in [5.41, 5.74) is 1.01. The number of aromatic nitrogens is 1. The van der Waals surface area contributed by atoms with Gasteiger partial charge in [0.1, 0.15) is 5.15 Å². The van der Waals surface area contributed by atoms with Crippen LogP contribution in [0.4, 0.5) is 0 Å². The third kappa shape index (κ3) is 3.93. The lowest BCUT2D eigenvalue weighted by Crippen LogP contribution is -1.94. The highest BCUT2D eigenvalue weighted by Crippen LogP contribution is 2.07. The van der Waals surface area contributed by atoms with Crippen LogP contribution < -0.4 is 0 Å². The highest BCUT2D eigenvalue weighted by Gasteiger charge is 1.94. The van der Waals surface area contributed by atoms with Gasteiger partial charge in [-0.3, -0.25) is 0 Å². The van der Waals surface area contributed by atoms with E-state index in [1.165, 1.54) is 0 Å². The quantitative estimate of drug-likeness (QED) is 0.418. The van der Waals surface area contributed by atoms with E-state index in [1.807, 2.05) is 6.07 Å². The van der Waals surface area contributed by atoms with Gasteiger partial charge < -0.3 is 4.74 Å². The van der Waals surface area contributed by atoms with E-state index in [1.54, 1.807) is 12.3 Å². The number of pyridine rings is 1. The Morgan fingerprint density at radius 1 is 1.62 bits per heavy atom. The van der Waals surface area contributed by atoms with Crippen molar-refractivity contribution in [3.05, 3.63) is 29.0 Å². The van der Waals surface area contributed by atoms with E-state index < -0.39 is 0 Å². The Morgan fingerprint density at radius 3 is 3.15 bits per heavy atom. The van der Waals surface area contributed by atoms with Crippen molar-refractivity contribution in [3.8, 4) is 12.3 Å². The second kappa shape index (κ2) is 5.58. The Morgan fingerprint density at radius 2 is 2.46 bits per heavy atom. The summed E-state index contributed by atoms with van der Waals surface area (Å²) in [5, 5.41) is 0.484. The summed E-state index contributed by atoms with van der Waals surface area (Å²) < 4.78 is 5.29. The Hall–Kier alpha value is -1.04. The normalized spacial score (nSPS) is 9.54. The second-order valence-corrected chi connectivity index (χ2v) is 2.88. The molecule has 0 spiro atoms. The average Bonchev–Trinajstić information content (AvgIpc) is 2.13. The van der Waals surface area contributed by atoms with E-state index in [-0.39, 0.29) is 0 Å². The van der Waals surface area contributed by atoms with E-state index >= 15 is 0 Å². The first kappa shape index (κ1) is 10.0. The fraction of sp³-hybridized carbons (Fsp3) is 0.300. The van der Waals surface area contributed by atoms with Crippen LogP contribution in [0.1, 0.15) is 12.0 Å². The van der Waals surface area contributed by atoms with Crippen LogP contribution in [0, 0.1) is 12.3 Å². The van der Waals surface area contributed by atoms with E-state index in [4.69, 9.17) is 22.8 Å². The number of hydrogen-bond acceptors (Lipinski definition) is 2. The number of terminal acetylenes is 1. The molecule has 0 N–H and O–H groups in total. The topological polar surface area (TPSA) is 22.1 Å². The van der Waals surface area contributed by atoms with Crippen molar-refractivity contribution >= 4 is 11.6 Å². The summed E-state index contributed by atoms with van der Waals surface area (Å²) in [7, 11) is 0. The Labute approximate surface area is 82.9 Å². The molecule has 0 radical (unpaired) electrons. The van der Waals surface area contributed by atoms with E-state index in [0.29, 0.717) is 24.8 Å². The molecule has 0 saturated heterocycles. The minimum Gasteiger partial charge on any atom is -0.376 e. The molecular formula is C10H10ClNO. The molecule has 0 bridgehead atoms. The van der Waals surface area contributed by atoms with Gasteiger partial charge in [0.25, 0.3) is 0 Å². The molecule has 1 rings (SSSR count). The fourth-order valence-corrected chi connectivity index (χ4v) is 1.05. The summed E-state index contributed by atoms with van der Waals surface area (Å²) in [4.78, 5) is 3.86. The maximum atomic E-state index is 5.69. The average molecular weight is 196 g/mol. The molecule has 13 heavy (non-hydrogen) atoms. The van der Waals surface area contributed by atoms with Crippen molar-refractivity contribution < 1.29 is 4.74 Å². The van der Waals surface area contributed by atoms with Gasteiger partial charge >= 0.3 is 0 Å². The van der Waals surface area contributed by atoms with Crippen LogP contribution in [0.5, 0.6) is 0 Å². The number of nitrogens with zero attached hydrogens (tertiary/aromatic N) is 1. The van der Waals surface area contributed by atoms with Crippen molar-refractivity contribution in [2.45, 2.75) is 13.0 Å². The largest absolute Gasteiger partial charge is 0.376 e. The lowest BCUT2D eigenvalue weighted by atomic mass is 10.3. The van der Waals surface area contributed by atoms with Crippen LogP contribution in [0.2, 0.25) is 5.15 Å². The van der Waals surface area contributed by atoms with Crippen molar-refractivity contribution in [2.24, 2.45) is 0 Å². The van der Waals surface area contributed by atoms with Crippen LogP contribution in [0.3, 0.4) is 0 Å². The molecule has 68 valence electrons. The Balaban J connectivity index is 2.33. The van der Waals surface area contributed by atoms with Crippen molar-refractivity contribution in [2.75, 3.05) is 6.61 Å². The van der Waals surface area contributed by atoms with Gasteiger partial charge in [-0.2, -0.15) is 0 Å². The Bertz CT molecular complexity index is 306. The highest BCUT2D eigenvalue weighted by atomic mass is 35.5. The SMILES string of the molecule is C#CCCOCc1ccnc(Cl)c1. The van der Waals surface area contributed by atoms with Crippen LogP contribution >= 0.6 is 11.6 Å². The molecule has 2 nitrogen and oxygen atoms in total. The third-order valence-corrected chi connectivity index (χ3v) is 1.66. The van der Waals surface area contributed by atoms with Gasteiger partial charge in [-0.05, 0) is 17.7 Å². The molecule has 0 aliphatic heterocycles. The molecule has 1 aromatic rings. The number of halogens is 1. The zero-order valence-electron chi connectivity index (χ0n) is 7.16. The van der Waals surface area contributed by atoms with Gasteiger partial charge in [0.05, 0.1) is 13.2 Å². The van der Waals surface area contributed by atoms with Gasteiger partial charge in [0.15, 0.2) is 0 Å². The molecule has 0 amide bonds. The molecule has 0 aliphatic rings. The summed E-state index contributed by atoms with van der Waals surface area (Å²) in [6.45, 7) is 1.11. The van der Waals surface area contributed by atoms with Gasteiger partial charge in [0, 0.05) is 12.6 Å². The molecular weight excluding hydrogens is 186 g/mol. The minimum absolute atomic E-state index is 0.484. The first-order valence-electron chi connectivity index (χ1n) is 3.94. The minimum atomic E-state index is 0.484. The van der Waals surface area contributed by atoms with Gasteiger partial charge in [-0.25, -0.2) is 4.98 Å². The maximum absolute atomic E-state index is 5.69.